The van der Waals surface area contributed by atoms with Crippen molar-refractivity contribution in [2.75, 3.05) is 6.54 Å². The molecule has 0 spiro atoms. The van der Waals surface area contributed by atoms with Crippen LogP contribution < -0.4 is 0 Å². The van der Waals surface area contributed by atoms with Crippen LogP contribution in [0.2, 0.25) is 0 Å². The summed E-state index contributed by atoms with van der Waals surface area (Å²) in [6.45, 7) is 2.88. The molecule has 92 valence electrons. The molecule has 0 bridgehead atoms. The number of aromatic nitrogens is 1. The number of aromatic hydroxyl groups is 1. The summed E-state index contributed by atoms with van der Waals surface area (Å²) in [6, 6.07) is 1.75. The third-order valence-electron chi connectivity index (χ3n) is 3.28. The average molecular weight is 234 g/mol. The molecular weight excluding hydrogens is 216 g/mol. The summed E-state index contributed by atoms with van der Waals surface area (Å²) >= 11 is 0. The first-order valence-electron chi connectivity index (χ1n) is 6.13. The van der Waals surface area contributed by atoms with Crippen LogP contribution in [0, 0.1) is 0 Å². The number of pyridine rings is 1. The van der Waals surface area contributed by atoms with E-state index in [0.717, 1.165) is 19.4 Å². The van der Waals surface area contributed by atoms with Crippen LogP contribution in [-0.2, 0) is 0 Å². The first-order chi connectivity index (χ1) is 8.18. The third-order valence-corrected chi connectivity index (χ3v) is 3.28. The lowest BCUT2D eigenvalue weighted by atomic mass is 10.1. The van der Waals surface area contributed by atoms with Gasteiger partial charge in [0.25, 0.3) is 5.91 Å². The summed E-state index contributed by atoms with van der Waals surface area (Å²) in [5.74, 6) is 0.0149. The summed E-state index contributed by atoms with van der Waals surface area (Å²) in [5.41, 5.74) is 0.471. The summed E-state index contributed by atoms with van der Waals surface area (Å²) in [5, 5.41) is 9.35. The minimum Gasteiger partial charge on any atom is -0.506 e. The fourth-order valence-electron chi connectivity index (χ4n) is 2.29. The molecule has 4 nitrogen and oxygen atoms in total. The van der Waals surface area contributed by atoms with E-state index in [9.17, 15) is 9.90 Å². The molecule has 1 N–H and O–H groups in total. The predicted octanol–water partition coefficient (Wildman–Crippen LogP) is 2.19. The van der Waals surface area contributed by atoms with Crippen molar-refractivity contribution in [1.29, 1.82) is 0 Å². The molecule has 1 aromatic rings. The van der Waals surface area contributed by atoms with E-state index in [-0.39, 0.29) is 17.7 Å². The first kappa shape index (κ1) is 11.9. The van der Waals surface area contributed by atoms with Gasteiger partial charge >= 0.3 is 0 Å². The molecule has 1 fully saturated rings. The Hall–Kier alpha value is -1.58. The fourth-order valence-corrected chi connectivity index (χ4v) is 2.29. The number of amides is 1. The quantitative estimate of drug-likeness (QED) is 0.810. The molecule has 1 saturated heterocycles. The fraction of sp³-hybridized carbons (Fsp3) is 0.538. The van der Waals surface area contributed by atoms with Gasteiger partial charge in [-0.2, -0.15) is 0 Å². The molecule has 17 heavy (non-hydrogen) atoms. The van der Waals surface area contributed by atoms with Gasteiger partial charge in [-0.15, -0.1) is 0 Å². The van der Waals surface area contributed by atoms with Gasteiger partial charge in [-0.1, -0.05) is 12.8 Å². The zero-order valence-corrected chi connectivity index (χ0v) is 10.1. The molecule has 2 heterocycles. The van der Waals surface area contributed by atoms with E-state index in [1.165, 1.54) is 31.3 Å². The third kappa shape index (κ3) is 2.75. The summed E-state index contributed by atoms with van der Waals surface area (Å²) in [6.07, 6.45) is 7.33. The topological polar surface area (TPSA) is 53.4 Å². The van der Waals surface area contributed by atoms with E-state index in [0.29, 0.717) is 5.56 Å². The zero-order chi connectivity index (χ0) is 12.3. The Bertz CT molecular complexity index is 406. The number of carbonyl (C=O) groups excluding carboxylic acids is 1. The molecule has 4 heteroatoms. The standard InChI is InChI=1S/C13H18N2O2/c1-10-5-3-2-4-6-15(10)13(17)11-7-12(16)9-14-8-11/h7-10,16H,2-6H2,1H3. The molecule has 1 aliphatic heterocycles. The first-order valence-corrected chi connectivity index (χ1v) is 6.13. The SMILES string of the molecule is CC1CCCCCN1C(=O)c1cncc(O)c1. The van der Waals surface area contributed by atoms with Crippen LogP contribution in [-0.4, -0.2) is 33.5 Å². The van der Waals surface area contributed by atoms with Crippen molar-refractivity contribution in [3.05, 3.63) is 24.0 Å². The van der Waals surface area contributed by atoms with E-state index in [1.807, 2.05) is 4.90 Å². The molecule has 1 aromatic heterocycles. The number of hydrogen-bond acceptors (Lipinski definition) is 3. The predicted molar refractivity (Wildman–Crippen MR) is 64.9 cm³/mol. The van der Waals surface area contributed by atoms with Gasteiger partial charge in [0.2, 0.25) is 0 Å². The highest BCUT2D eigenvalue weighted by atomic mass is 16.3. The van der Waals surface area contributed by atoms with Crippen molar-refractivity contribution in [3.8, 4) is 5.75 Å². The Labute approximate surface area is 101 Å². The van der Waals surface area contributed by atoms with Gasteiger partial charge in [-0.25, -0.2) is 0 Å². The number of hydrogen-bond donors (Lipinski definition) is 1. The van der Waals surface area contributed by atoms with E-state index in [4.69, 9.17) is 0 Å². The molecular formula is C13H18N2O2. The largest absolute Gasteiger partial charge is 0.506 e. The van der Waals surface area contributed by atoms with E-state index < -0.39 is 0 Å². The van der Waals surface area contributed by atoms with Crippen molar-refractivity contribution >= 4 is 5.91 Å². The molecule has 1 aliphatic rings. The minimum atomic E-state index is -0.0252. The monoisotopic (exact) mass is 234 g/mol. The highest BCUT2D eigenvalue weighted by Gasteiger charge is 2.23. The van der Waals surface area contributed by atoms with Gasteiger partial charge < -0.3 is 10.0 Å². The maximum atomic E-state index is 12.3. The summed E-state index contributed by atoms with van der Waals surface area (Å²) in [4.78, 5) is 18.0. The maximum absolute atomic E-state index is 12.3. The Kier molecular flexibility index (Phi) is 3.61. The summed E-state index contributed by atoms with van der Waals surface area (Å²) in [7, 11) is 0. The normalized spacial score (nSPS) is 21.0. The lowest BCUT2D eigenvalue weighted by molar-refractivity contribution is 0.0697. The van der Waals surface area contributed by atoms with Crippen LogP contribution in [0.15, 0.2) is 18.5 Å². The maximum Gasteiger partial charge on any atom is 0.255 e. The lowest BCUT2D eigenvalue weighted by Gasteiger charge is -2.27. The van der Waals surface area contributed by atoms with Crippen molar-refractivity contribution in [2.45, 2.75) is 38.6 Å². The van der Waals surface area contributed by atoms with Crippen LogP contribution in [0.3, 0.4) is 0 Å². The molecule has 0 aliphatic carbocycles. The molecule has 2 rings (SSSR count). The number of likely N-dealkylation sites (tertiary alicyclic amines) is 1. The second-order valence-electron chi connectivity index (χ2n) is 4.63. The second-order valence-corrected chi connectivity index (χ2v) is 4.63. The Morgan fingerprint density at radius 3 is 3.00 bits per heavy atom. The molecule has 0 saturated carbocycles. The molecule has 0 radical (unpaired) electrons. The smallest absolute Gasteiger partial charge is 0.255 e. The van der Waals surface area contributed by atoms with Crippen molar-refractivity contribution in [3.63, 3.8) is 0 Å². The van der Waals surface area contributed by atoms with Gasteiger partial charge in [-0.05, 0) is 25.8 Å². The number of rotatable bonds is 1. The van der Waals surface area contributed by atoms with Crippen molar-refractivity contribution in [1.82, 2.24) is 9.88 Å². The highest BCUT2D eigenvalue weighted by molar-refractivity contribution is 5.94. The van der Waals surface area contributed by atoms with Crippen LogP contribution >= 0.6 is 0 Å². The van der Waals surface area contributed by atoms with Gasteiger partial charge in [0.15, 0.2) is 0 Å². The average Bonchev–Trinajstić information content (AvgIpc) is 2.53. The molecule has 0 aromatic carbocycles. The van der Waals surface area contributed by atoms with Crippen LogP contribution in [0.1, 0.15) is 43.0 Å². The van der Waals surface area contributed by atoms with E-state index in [2.05, 4.69) is 11.9 Å². The van der Waals surface area contributed by atoms with Gasteiger partial charge in [0, 0.05) is 18.8 Å². The van der Waals surface area contributed by atoms with Crippen molar-refractivity contribution in [2.24, 2.45) is 0 Å². The van der Waals surface area contributed by atoms with Crippen LogP contribution in [0.25, 0.3) is 0 Å². The van der Waals surface area contributed by atoms with Gasteiger partial charge in [-0.3, -0.25) is 9.78 Å². The Balaban J connectivity index is 2.18. The van der Waals surface area contributed by atoms with Crippen LogP contribution in [0.4, 0.5) is 0 Å². The Morgan fingerprint density at radius 2 is 2.24 bits per heavy atom. The van der Waals surface area contributed by atoms with Crippen molar-refractivity contribution < 1.29 is 9.90 Å². The zero-order valence-electron chi connectivity index (χ0n) is 10.1. The van der Waals surface area contributed by atoms with Gasteiger partial charge in [0.05, 0.1) is 11.8 Å². The second kappa shape index (κ2) is 5.17. The summed E-state index contributed by atoms with van der Waals surface area (Å²) < 4.78 is 0. The van der Waals surface area contributed by atoms with Gasteiger partial charge in [0.1, 0.15) is 5.75 Å². The molecule has 1 atom stereocenters. The Morgan fingerprint density at radius 1 is 1.41 bits per heavy atom. The number of nitrogens with zero attached hydrogens (tertiary/aromatic N) is 2. The molecule has 1 amide bonds. The highest BCUT2D eigenvalue weighted by Crippen LogP contribution is 2.19. The van der Waals surface area contributed by atoms with Crippen LogP contribution in [0.5, 0.6) is 5.75 Å². The molecule has 1 unspecified atom stereocenters. The lowest BCUT2D eigenvalue weighted by Crippen LogP contribution is -2.38. The van der Waals surface area contributed by atoms with E-state index in [1.54, 1.807) is 0 Å². The van der Waals surface area contributed by atoms with E-state index >= 15 is 0 Å². The number of carbonyl (C=O) groups is 1. The minimum absolute atomic E-state index is 0.0252.